The van der Waals surface area contributed by atoms with Crippen molar-refractivity contribution in [3.8, 4) is 11.1 Å². The molecule has 2 N–H and O–H groups in total. The molecular weight excluding hydrogens is 342 g/mol. The van der Waals surface area contributed by atoms with Gasteiger partial charge in [-0.05, 0) is 17.5 Å². The molecule has 0 aliphatic rings. The minimum absolute atomic E-state index is 0.0987. The Hall–Kier alpha value is -3.41. The fourth-order valence-electron chi connectivity index (χ4n) is 2.76. The second kappa shape index (κ2) is 8.31. The monoisotopic (exact) mass is 363 g/mol. The number of ether oxygens (including phenoxy) is 1. The van der Waals surface area contributed by atoms with Crippen LogP contribution in [0.15, 0.2) is 60.8 Å². The number of anilines is 1. The Morgan fingerprint density at radius 3 is 2.52 bits per heavy atom. The van der Waals surface area contributed by atoms with Crippen LogP contribution in [0, 0.1) is 0 Å². The Balaban J connectivity index is 1.65. The van der Waals surface area contributed by atoms with Gasteiger partial charge in [0.2, 0.25) is 0 Å². The highest BCUT2D eigenvalue weighted by molar-refractivity contribution is 5.98. The number of hydrogen-bond donors (Lipinski definition) is 2. The van der Waals surface area contributed by atoms with E-state index in [9.17, 15) is 9.59 Å². The van der Waals surface area contributed by atoms with E-state index in [0.717, 1.165) is 11.1 Å². The molecule has 0 fully saturated rings. The van der Waals surface area contributed by atoms with Gasteiger partial charge >= 0.3 is 5.97 Å². The number of amides is 1. The van der Waals surface area contributed by atoms with E-state index in [4.69, 9.17) is 4.74 Å². The molecule has 1 heterocycles. The number of esters is 1. The molecule has 0 saturated carbocycles. The summed E-state index contributed by atoms with van der Waals surface area (Å²) in [4.78, 5) is 24.5. The molecule has 3 aromatic rings. The lowest BCUT2D eigenvalue weighted by atomic mass is 10.0. The largest absolute Gasteiger partial charge is 0.452 e. The number of hydrogen-bond acceptors (Lipinski definition) is 4. The quantitative estimate of drug-likeness (QED) is 0.649. The van der Waals surface area contributed by atoms with E-state index < -0.39 is 11.9 Å². The number of benzene rings is 2. The van der Waals surface area contributed by atoms with Crippen LogP contribution in [0.5, 0.6) is 0 Å². The predicted molar refractivity (Wildman–Crippen MR) is 103 cm³/mol. The van der Waals surface area contributed by atoms with Crippen molar-refractivity contribution in [2.75, 3.05) is 11.9 Å². The van der Waals surface area contributed by atoms with Crippen molar-refractivity contribution in [1.29, 1.82) is 0 Å². The van der Waals surface area contributed by atoms with Gasteiger partial charge in [-0.1, -0.05) is 62.4 Å². The minimum Gasteiger partial charge on any atom is -0.452 e. The molecule has 1 aromatic heterocycles. The first-order valence-corrected chi connectivity index (χ1v) is 8.71. The molecule has 0 bridgehead atoms. The average molecular weight is 363 g/mol. The van der Waals surface area contributed by atoms with Crippen molar-refractivity contribution < 1.29 is 14.3 Å². The van der Waals surface area contributed by atoms with E-state index in [1.165, 1.54) is 6.20 Å². The summed E-state index contributed by atoms with van der Waals surface area (Å²) < 4.78 is 5.15. The van der Waals surface area contributed by atoms with Crippen LogP contribution in [0.2, 0.25) is 0 Å². The standard InChI is InChI=1S/C21H21N3O3/c1-14(2)20-17(12-22-24-20)21(26)27-13-19(25)23-18-11-7-6-10-16(18)15-8-4-3-5-9-15/h3-12,14H,13H2,1-2H3,(H,22,24)(H,23,25). The average Bonchev–Trinajstić information content (AvgIpc) is 3.17. The number of carbonyl (C=O) groups is 2. The number of rotatable bonds is 6. The molecule has 3 rings (SSSR count). The van der Waals surface area contributed by atoms with Crippen molar-refractivity contribution in [2.45, 2.75) is 19.8 Å². The predicted octanol–water partition coefficient (Wildman–Crippen LogP) is 4.00. The normalized spacial score (nSPS) is 10.6. The summed E-state index contributed by atoms with van der Waals surface area (Å²) in [6.45, 7) is 3.51. The van der Waals surface area contributed by atoms with Crippen LogP contribution in [-0.4, -0.2) is 28.7 Å². The summed E-state index contributed by atoms with van der Waals surface area (Å²) in [6.07, 6.45) is 1.42. The zero-order valence-electron chi connectivity index (χ0n) is 15.2. The number of para-hydroxylation sites is 1. The van der Waals surface area contributed by atoms with Gasteiger partial charge in [-0.25, -0.2) is 4.79 Å². The van der Waals surface area contributed by atoms with Crippen LogP contribution in [-0.2, 0) is 9.53 Å². The molecule has 0 atom stereocenters. The van der Waals surface area contributed by atoms with Crippen LogP contribution in [0.25, 0.3) is 11.1 Å². The lowest BCUT2D eigenvalue weighted by Gasteiger charge is -2.12. The summed E-state index contributed by atoms with van der Waals surface area (Å²) in [5, 5.41) is 9.47. The molecule has 0 unspecified atom stereocenters. The number of carbonyl (C=O) groups excluding carboxylic acids is 2. The maximum absolute atomic E-state index is 12.3. The molecule has 6 nitrogen and oxygen atoms in total. The Morgan fingerprint density at radius 1 is 1.07 bits per heavy atom. The molecule has 0 saturated heterocycles. The number of aromatic amines is 1. The molecule has 0 aliphatic carbocycles. The van der Waals surface area contributed by atoms with Crippen LogP contribution in [0.3, 0.4) is 0 Å². The number of H-pyrrole nitrogens is 1. The van der Waals surface area contributed by atoms with Gasteiger partial charge in [0.25, 0.3) is 5.91 Å². The van der Waals surface area contributed by atoms with Crippen molar-refractivity contribution in [1.82, 2.24) is 10.2 Å². The molecular formula is C21H21N3O3. The van der Waals surface area contributed by atoms with Crippen LogP contribution in [0.4, 0.5) is 5.69 Å². The lowest BCUT2D eigenvalue weighted by molar-refractivity contribution is -0.119. The molecule has 0 spiro atoms. The fraction of sp³-hybridized carbons (Fsp3) is 0.190. The van der Waals surface area contributed by atoms with Gasteiger partial charge in [0, 0.05) is 11.3 Å². The topological polar surface area (TPSA) is 84.1 Å². The van der Waals surface area contributed by atoms with Gasteiger partial charge in [0.15, 0.2) is 6.61 Å². The number of nitrogens with one attached hydrogen (secondary N) is 2. The zero-order chi connectivity index (χ0) is 19.2. The van der Waals surface area contributed by atoms with Crippen molar-refractivity contribution in [2.24, 2.45) is 0 Å². The van der Waals surface area contributed by atoms with E-state index in [-0.39, 0.29) is 12.5 Å². The van der Waals surface area contributed by atoms with E-state index in [2.05, 4.69) is 15.5 Å². The van der Waals surface area contributed by atoms with Gasteiger partial charge in [-0.15, -0.1) is 0 Å². The van der Waals surface area contributed by atoms with Gasteiger partial charge in [-0.3, -0.25) is 9.89 Å². The van der Waals surface area contributed by atoms with Crippen molar-refractivity contribution >= 4 is 17.6 Å². The van der Waals surface area contributed by atoms with E-state index in [1.54, 1.807) is 0 Å². The molecule has 1 amide bonds. The summed E-state index contributed by atoms with van der Waals surface area (Å²) >= 11 is 0. The highest BCUT2D eigenvalue weighted by Crippen LogP contribution is 2.27. The van der Waals surface area contributed by atoms with Gasteiger partial charge in [0.1, 0.15) is 5.56 Å². The Labute approximate surface area is 157 Å². The maximum Gasteiger partial charge on any atom is 0.342 e. The summed E-state index contributed by atoms with van der Waals surface area (Å²) in [6, 6.07) is 17.2. The smallest absolute Gasteiger partial charge is 0.342 e. The Bertz CT molecular complexity index is 933. The third kappa shape index (κ3) is 4.41. The third-order valence-electron chi connectivity index (χ3n) is 4.09. The van der Waals surface area contributed by atoms with Gasteiger partial charge < -0.3 is 10.1 Å². The first-order valence-electron chi connectivity index (χ1n) is 8.71. The van der Waals surface area contributed by atoms with E-state index >= 15 is 0 Å². The molecule has 138 valence electrons. The van der Waals surface area contributed by atoms with Crippen molar-refractivity contribution in [3.05, 3.63) is 72.1 Å². The van der Waals surface area contributed by atoms with Crippen LogP contribution >= 0.6 is 0 Å². The number of aromatic nitrogens is 2. The maximum atomic E-state index is 12.3. The molecule has 0 radical (unpaired) electrons. The Kier molecular flexibility index (Phi) is 5.66. The van der Waals surface area contributed by atoms with Crippen LogP contribution in [0.1, 0.15) is 35.8 Å². The van der Waals surface area contributed by atoms with E-state index in [1.807, 2.05) is 68.4 Å². The molecule has 0 aliphatic heterocycles. The molecule has 2 aromatic carbocycles. The highest BCUT2D eigenvalue weighted by atomic mass is 16.5. The van der Waals surface area contributed by atoms with Gasteiger partial charge in [0.05, 0.1) is 11.9 Å². The molecule has 6 heteroatoms. The lowest BCUT2D eigenvalue weighted by Crippen LogP contribution is -2.21. The highest BCUT2D eigenvalue weighted by Gasteiger charge is 2.18. The van der Waals surface area contributed by atoms with Crippen LogP contribution < -0.4 is 5.32 Å². The Morgan fingerprint density at radius 2 is 1.78 bits per heavy atom. The van der Waals surface area contributed by atoms with Crippen molar-refractivity contribution in [3.63, 3.8) is 0 Å². The third-order valence-corrected chi connectivity index (χ3v) is 4.09. The zero-order valence-corrected chi connectivity index (χ0v) is 15.2. The second-order valence-corrected chi connectivity index (χ2v) is 6.39. The minimum atomic E-state index is -0.570. The second-order valence-electron chi connectivity index (χ2n) is 6.39. The summed E-state index contributed by atoms with van der Waals surface area (Å²) in [5.41, 5.74) is 3.59. The first kappa shape index (κ1) is 18.4. The SMILES string of the molecule is CC(C)c1[nH]ncc1C(=O)OCC(=O)Nc1ccccc1-c1ccccc1. The summed E-state index contributed by atoms with van der Waals surface area (Å²) in [5.74, 6) is -0.873. The fourth-order valence-corrected chi connectivity index (χ4v) is 2.76. The first-order chi connectivity index (χ1) is 13.1. The van der Waals surface area contributed by atoms with Gasteiger partial charge in [-0.2, -0.15) is 5.10 Å². The summed E-state index contributed by atoms with van der Waals surface area (Å²) in [7, 11) is 0. The number of nitrogens with zero attached hydrogens (tertiary/aromatic N) is 1. The van der Waals surface area contributed by atoms with E-state index in [0.29, 0.717) is 16.9 Å². The molecule has 27 heavy (non-hydrogen) atoms.